The fourth-order valence-corrected chi connectivity index (χ4v) is 0. The Hall–Kier alpha value is 0.847. The average Bonchev–Trinajstić information content (AvgIpc) is 1.37. The second-order valence-electron chi connectivity index (χ2n) is 0.393. The van der Waals surface area contributed by atoms with Crippen LogP contribution in [0.3, 0.4) is 0 Å². The van der Waals surface area contributed by atoms with Gasteiger partial charge in [0.05, 0.1) is 0 Å². The molecule has 0 aliphatic heterocycles. The normalized spacial score (nSPS) is 6.00. The van der Waals surface area contributed by atoms with Crippen LogP contribution in [-0.2, 0) is 0 Å². The molecule has 0 atom stereocenters. The average molecular weight is 86.4 g/mol. The van der Waals surface area contributed by atoms with Crippen molar-refractivity contribution in [3.63, 3.8) is 0 Å². The van der Waals surface area contributed by atoms with Crippen molar-refractivity contribution in [1.29, 1.82) is 0 Å². The number of hydrogen-bond acceptors (Lipinski definition) is 1. The molecule has 0 spiro atoms. The maximum absolute atomic E-state index is 9.17. The van der Waals surface area contributed by atoms with E-state index in [1.807, 2.05) is 0 Å². The van der Waals surface area contributed by atoms with Crippen LogP contribution in [0.4, 0.5) is 0 Å². The Morgan fingerprint density at radius 1 is 1.60 bits per heavy atom. The zero-order valence-corrected chi connectivity index (χ0v) is 3.96. The SMILES string of the molecule is [Li+].[O-]CCCl. The predicted octanol–water partition coefficient (Wildman–Crippen LogP) is -3.41. The van der Waals surface area contributed by atoms with Gasteiger partial charge >= 0.3 is 18.9 Å². The van der Waals surface area contributed by atoms with E-state index in [1.165, 1.54) is 0 Å². The monoisotopic (exact) mass is 86.0 g/mol. The first-order valence-corrected chi connectivity index (χ1v) is 1.59. The third-order valence-corrected chi connectivity index (χ3v) is 0.231. The Morgan fingerprint density at radius 2 is 1.80 bits per heavy atom. The third kappa shape index (κ3) is 11.5. The molecule has 0 aliphatic carbocycles. The Bertz CT molecular complexity index is 11.6. The summed E-state index contributed by atoms with van der Waals surface area (Å²) in [6.07, 6.45) is 0. The fourth-order valence-electron chi connectivity index (χ4n) is 0. The molecule has 0 unspecified atom stereocenters. The first kappa shape index (κ1) is 9.28. The van der Waals surface area contributed by atoms with Gasteiger partial charge in [-0.05, 0) is 0 Å². The molecule has 0 saturated heterocycles. The maximum atomic E-state index is 9.17. The molecule has 0 heterocycles. The van der Waals surface area contributed by atoms with Crippen molar-refractivity contribution < 1.29 is 24.0 Å². The van der Waals surface area contributed by atoms with Crippen molar-refractivity contribution in [2.24, 2.45) is 0 Å². The third-order valence-electron chi connectivity index (χ3n) is 0.0772. The Labute approximate surface area is 48.5 Å². The summed E-state index contributed by atoms with van der Waals surface area (Å²) in [5, 5.41) is 9.17. The Morgan fingerprint density at radius 3 is 1.80 bits per heavy atom. The molecule has 0 bridgehead atoms. The van der Waals surface area contributed by atoms with E-state index in [9.17, 15) is 0 Å². The standard InChI is InChI=1S/C2H4ClO.Li/c3-1-2-4;/h1-2H2;/q-1;+1. The van der Waals surface area contributed by atoms with Gasteiger partial charge in [0, 0.05) is 5.88 Å². The van der Waals surface area contributed by atoms with Crippen LogP contribution in [0, 0.1) is 0 Å². The molecule has 0 fully saturated rings. The minimum atomic E-state index is -0.165. The van der Waals surface area contributed by atoms with E-state index < -0.39 is 0 Å². The van der Waals surface area contributed by atoms with Crippen LogP contribution in [-0.4, -0.2) is 12.5 Å². The van der Waals surface area contributed by atoms with Gasteiger partial charge < -0.3 is 5.11 Å². The summed E-state index contributed by atoms with van der Waals surface area (Å²) in [6, 6.07) is 0. The zero-order valence-electron chi connectivity index (χ0n) is 3.20. The number of rotatable bonds is 1. The van der Waals surface area contributed by atoms with Gasteiger partial charge in [-0.25, -0.2) is 0 Å². The molecule has 0 N–H and O–H groups in total. The van der Waals surface area contributed by atoms with E-state index in [1.54, 1.807) is 0 Å². The van der Waals surface area contributed by atoms with Crippen LogP contribution < -0.4 is 24.0 Å². The van der Waals surface area contributed by atoms with Crippen molar-refractivity contribution in [2.75, 3.05) is 12.5 Å². The van der Waals surface area contributed by atoms with E-state index in [0.717, 1.165) is 0 Å². The van der Waals surface area contributed by atoms with E-state index in [4.69, 9.17) is 16.7 Å². The predicted molar refractivity (Wildman–Crippen MR) is 15.6 cm³/mol. The summed E-state index contributed by atoms with van der Waals surface area (Å²) in [6.45, 7) is -0.165. The van der Waals surface area contributed by atoms with Crippen LogP contribution >= 0.6 is 11.6 Å². The first-order valence-electron chi connectivity index (χ1n) is 1.06. The van der Waals surface area contributed by atoms with E-state index in [2.05, 4.69) is 0 Å². The van der Waals surface area contributed by atoms with Crippen LogP contribution in [0.15, 0.2) is 0 Å². The number of halogens is 1. The molecule has 0 rings (SSSR count). The van der Waals surface area contributed by atoms with E-state index in [0.29, 0.717) is 0 Å². The number of hydrogen-bond donors (Lipinski definition) is 0. The molecule has 0 amide bonds. The van der Waals surface area contributed by atoms with Crippen molar-refractivity contribution in [2.45, 2.75) is 0 Å². The van der Waals surface area contributed by atoms with Gasteiger partial charge in [-0.15, -0.1) is 18.2 Å². The Kier molecular flexibility index (Phi) is 16.4. The second-order valence-corrected chi connectivity index (χ2v) is 0.771. The van der Waals surface area contributed by atoms with E-state index >= 15 is 0 Å². The molecule has 0 aromatic heterocycles. The Balaban J connectivity index is 0. The first-order chi connectivity index (χ1) is 1.91. The molecule has 0 aliphatic rings. The largest absolute Gasteiger partial charge is 1.00 e. The molecular formula is C2H4ClLiO. The van der Waals surface area contributed by atoms with Crippen molar-refractivity contribution in [3.05, 3.63) is 0 Å². The van der Waals surface area contributed by atoms with Gasteiger partial charge in [-0.3, -0.25) is 0 Å². The van der Waals surface area contributed by atoms with E-state index in [-0.39, 0.29) is 31.3 Å². The number of alkyl halides is 1. The molecule has 0 aromatic rings. The van der Waals surface area contributed by atoms with Gasteiger partial charge in [0.15, 0.2) is 0 Å². The summed E-state index contributed by atoms with van der Waals surface area (Å²) in [4.78, 5) is 0. The minimum absolute atomic E-state index is 0. The smallest absolute Gasteiger partial charge is 0.854 e. The summed E-state index contributed by atoms with van der Waals surface area (Å²) >= 11 is 4.87. The topological polar surface area (TPSA) is 23.1 Å². The van der Waals surface area contributed by atoms with Gasteiger partial charge in [-0.1, -0.05) is 0 Å². The van der Waals surface area contributed by atoms with Crippen LogP contribution in [0.1, 0.15) is 0 Å². The second kappa shape index (κ2) is 8.85. The van der Waals surface area contributed by atoms with Crippen LogP contribution in [0.2, 0.25) is 0 Å². The van der Waals surface area contributed by atoms with Crippen molar-refractivity contribution >= 4 is 11.6 Å². The molecule has 5 heavy (non-hydrogen) atoms. The zero-order chi connectivity index (χ0) is 3.41. The molecule has 0 saturated carbocycles. The van der Waals surface area contributed by atoms with Gasteiger partial charge in [-0.2, -0.15) is 0 Å². The molecular weight excluding hydrogens is 82.4 g/mol. The van der Waals surface area contributed by atoms with Gasteiger partial charge in [0.2, 0.25) is 0 Å². The summed E-state index contributed by atoms with van der Waals surface area (Å²) in [7, 11) is 0. The summed E-state index contributed by atoms with van der Waals surface area (Å²) < 4.78 is 0. The minimum Gasteiger partial charge on any atom is -0.854 e. The van der Waals surface area contributed by atoms with Gasteiger partial charge in [0.25, 0.3) is 0 Å². The molecule has 26 valence electrons. The fraction of sp³-hybridized carbons (Fsp3) is 1.00. The maximum Gasteiger partial charge on any atom is 1.00 e. The van der Waals surface area contributed by atoms with Crippen molar-refractivity contribution in [3.8, 4) is 0 Å². The molecule has 1 nitrogen and oxygen atoms in total. The molecule has 3 heteroatoms. The van der Waals surface area contributed by atoms with Gasteiger partial charge in [0.1, 0.15) is 0 Å². The van der Waals surface area contributed by atoms with Crippen LogP contribution in [0.25, 0.3) is 0 Å². The van der Waals surface area contributed by atoms with Crippen LogP contribution in [0.5, 0.6) is 0 Å². The van der Waals surface area contributed by atoms with Crippen molar-refractivity contribution in [1.82, 2.24) is 0 Å². The summed E-state index contributed by atoms with van der Waals surface area (Å²) in [5.41, 5.74) is 0. The quantitative estimate of drug-likeness (QED) is 0.241. The molecule has 0 radical (unpaired) electrons. The summed E-state index contributed by atoms with van der Waals surface area (Å²) in [5.74, 6) is 0.236. The molecule has 0 aromatic carbocycles.